The number of ketones is 1. The lowest BCUT2D eigenvalue weighted by molar-refractivity contribution is -0.146. The molecule has 0 amide bonds. The number of rotatable bonds is 7. The molecule has 1 saturated carbocycles. The molecule has 1 heterocycles. The number of dihydropyridines is 1. The van der Waals surface area contributed by atoms with E-state index in [1.807, 2.05) is 39.0 Å². The first-order valence-electron chi connectivity index (χ1n) is 12.4. The van der Waals surface area contributed by atoms with E-state index >= 15 is 0 Å². The summed E-state index contributed by atoms with van der Waals surface area (Å²) < 4.78 is 17.6. The average molecular weight is 454 g/mol. The monoisotopic (exact) mass is 453 g/mol. The number of benzene rings is 1. The Labute approximate surface area is 196 Å². The molecule has 1 N–H and O–H groups in total. The summed E-state index contributed by atoms with van der Waals surface area (Å²) in [7, 11) is 0. The van der Waals surface area contributed by atoms with Crippen molar-refractivity contribution in [3.63, 3.8) is 0 Å². The number of nitrogens with one attached hydrogen (secondary N) is 1. The van der Waals surface area contributed by atoms with E-state index in [1.54, 1.807) is 0 Å². The van der Waals surface area contributed by atoms with E-state index in [9.17, 15) is 9.59 Å². The van der Waals surface area contributed by atoms with E-state index in [4.69, 9.17) is 14.2 Å². The van der Waals surface area contributed by atoms with Crippen LogP contribution in [0.15, 0.2) is 40.7 Å². The molecular weight excluding hydrogens is 418 g/mol. The highest BCUT2D eigenvalue weighted by molar-refractivity contribution is 6.03. The molecule has 2 aliphatic carbocycles. The number of ether oxygens (including phenoxy) is 3. The van der Waals surface area contributed by atoms with Crippen LogP contribution in [-0.2, 0) is 14.3 Å². The van der Waals surface area contributed by atoms with Gasteiger partial charge in [-0.1, -0.05) is 12.5 Å². The second-order valence-corrected chi connectivity index (χ2v) is 9.00. The van der Waals surface area contributed by atoms with E-state index in [-0.39, 0.29) is 17.9 Å². The van der Waals surface area contributed by atoms with Crippen LogP contribution in [0.4, 0.5) is 0 Å². The van der Waals surface area contributed by atoms with Crippen LogP contribution in [0.5, 0.6) is 11.5 Å². The van der Waals surface area contributed by atoms with Crippen LogP contribution >= 0.6 is 0 Å². The normalized spacial score (nSPS) is 21.4. The first-order valence-corrected chi connectivity index (χ1v) is 12.4. The van der Waals surface area contributed by atoms with E-state index in [2.05, 4.69) is 5.32 Å². The first-order chi connectivity index (χ1) is 16.0. The van der Waals surface area contributed by atoms with Gasteiger partial charge in [0.05, 0.1) is 18.8 Å². The van der Waals surface area contributed by atoms with E-state index in [0.29, 0.717) is 42.3 Å². The van der Waals surface area contributed by atoms with Gasteiger partial charge in [0.1, 0.15) is 6.10 Å². The molecule has 1 unspecified atom stereocenters. The fourth-order valence-corrected chi connectivity index (χ4v) is 5.23. The van der Waals surface area contributed by atoms with Crippen LogP contribution in [0.3, 0.4) is 0 Å². The number of Topliss-reactive ketones (excluding diaryl/α,β-unsaturated/α-hetero) is 1. The van der Waals surface area contributed by atoms with Crippen molar-refractivity contribution >= 4 is 11.8 Å². The fraction of sp³-hybridized carbons (Fsp3) is 0.556. The van der Waals surface area contributed by atoms with Crippen LogP contribution in [0.2, 0.25) is 0 Å². The molecule has 1 aromatic carbocycles. The van der Waals surface area contributed by atoms with E-state index in [1.165, 1.54) is 6.42 Å². The molecule has 1 atom stereocenters. The highest BCUT2D eigenvalue weighted by atomic mass is 16.5. The van der Waals surface area contributed by atoms with Crippen molar-refractivity contribution in [2.75, 3.05) is 13.2 Å². The number of hydrogen-bond acceptors (Lipinski definition) is 6. The van der Waals surface area contributed by atoms with Crippen molar-refractivity contribution in [1.29, 1.82) is 0 Å². The minimum absolute atomic E-state index is 0.0519. The summed E-state index contributed by atoms with van der Waals surface area (Å²) in [5.74, 6) is 0.580. The SMILES string of the molecule is CCOc1ccc(C2C(C(=O)OC3CCCCC3)=C(C)NC3=C2C(=O)CCC3)cc1OCC. The van der Waals surface area contributed by atoms with Crippen molar-refractivity contribution in [1.82, 2.24) is 5.32 Å². The maximum atomic E-state index is 13.5. The molecule has 6 heteroatoms. The molecule has 0 spiro atoms. The molecule has 178 valence electrons. The minimum atomic E-state index is -0.472. The second-order valence-electron chi connectivity index (χ2n) is 9.00. The molecule has 1 aromatic rings. The Morgan fingerprint density at radius 3 is 2.45 bits per heavy atom. The zero-order valence-electron chi connectivity index (χ0n) is 20.0. The molecule has 0 aromatic heterocycles. The first kappa shape index (κ1) is 23.4. The Balaban J connectivity index is 1.76. The number of carbonyl (C=O) groups is 2. The lowest BCUT2D eigenvalue weighted by atomic mass is 9.75. The standard InChI is InChI=1S/C27H35NO5/c1-4-31-22-15-14-18(16-23(22)32-5-2)25-24(27(30)33-19-10-7-6-8-11-19)17(3)28-20-12-9-13-21(29)26(20)25/h14-16,19,25,28H,4-13H2,1-3H3. The van der Waals surface area contributed by atoms with Gasteiger partial charge in [-0.05, 0) is 77.0 Å². The number of allylic oxidation sites excluding steroid dienone is 3. The van der Waals surface area contributed by atoms with Gasteiger partial charge in [-0.25, -0.2) is 4.79 Å². The summed E-state index contributed by atoms with van der Waals surface area (Å²) >= 11 is 0. The number of carbonyl (C=O) groups excluding carboxylic acids is 2. The van der Waals surface area contributed by atoms with Gasteiger partial charge in [0.15, 0.2) is 17.3 Å². The molecule has 0 radical (unpaired) electrons. The molecule has 33 heavy (non-hydrogen) atoms. The number of hydrogen-bond donors (Lipinski definition) is 1. The van der Waals surface area contributed by atoms with Gasteiger partial charge in [-0.3, -0.25) is 4.79 Å². The largest absolute Gasteiger partial charge is 0.490 e. The van der Waals surface area contributed by atoms with Crippen molar-refractivity contribution in [2.45, 2.75) is 84.2 Å². The van der Waals surface area contributed by atoms with Crippen LogP contribution < -0.4 is 14.8 Å². The Kier molecular flexibility index (Phi) is 7.41. The van der Waals surface area contributed by atoms with Gasteiger partial charge in [-0.2, -0.15) is 0 Å². The lowest BCUT2D eigenvalue weighted by Gasteiger charge is -2.35. The maximum Gasteiger partial charge on any atom is 0.337 e. The van der Waals surface area contributed by atoms with Crippen molar-refractivity contribution in [2.24, 2.45) is 0 Å². The molecule has 0 bridgehead atoms. The average Bonchev–Trinajstić information content (AvgIpc) is 2.80. The van der Waals surface area contributed by atoms with Gasteiger partial charge < -0.3 is 19.5 Å². The summed E-state index contributed by atoms with van der Waals surface area (Å²) in [5.41, 5.74) is 3.76. The molecule has 0 saturated heterocycles. The Bertz CT molecular complexity index is 971. The van der Waals surface area contributed by atoms with E-state index in [0.717, 1.165) is 55.5 Å². The quantitative estimate of drug-likeness (QED) is 0.563. The van der Waals surface area contributed by atoms with Crippen molar-refractivity contribution in [3.05, 3.63) is 46.3 Å². The molecule has 3 aliphatic rings. The predicted molar refractivity (Wildman–Crippen MR) is 126 cm³/mol. The summed E-state index contributed by atoms with van der Waals surface area (Å²) in [4.78, 5) is 26.6. The third kappa shape index (κ3) is 4.94. The third-order valence-corrected chi connectivity index (χ3v) is 6.72. The van der Waals surface area contributed by atoms with Gasteiger partial charge in [-0.15, -0.1) is 0 Å². The van der Waals surface area contributed by atoms with Gasteiger partial charge >= 0.3 is 5.97 Å². The summed E-state index contributed by atoms with van der Waals surface area (Å²) in [5, 5.41) is 3.37. The van der Waals surface area contributed by atoms with Crippen molar-refractivity contribution < 1.29 is 23.8 Å². The second kappa shape index (κ2) is 10.4. The minimum Gasteiger partial charge on any atom is -0.490 e. The van der Waals surface area contributed by atoms with Crippen LogP contribution in [0, 0.1) is 0 Å². The van der Waals surface area contributed by atoms with Crippen molar-refractivity contribution in [3.8, 4) is 11.5 Å². The lowest BCUT2D eigenvalue weighted by Crippen LogP contribution is -2.35. The Morgan fingerprint density at radius 1 is 1.00 bits per heavy atom. The van der Waals surface area contributed by atoms with E-state index < -0.39 is 5.92 Å². The Morgan fingerprint density at radius 2 is 1.73 bits per heavy atom. The molecule has 4 rings (SSSR count). The van der Waals surface area contributed by atoms with Gasteiger partial charge in [0.2, 0.25) is 0 Å². The predicted octanol–water partition coefficient (Wildman–Crippen LogP) is 5.33. The number of esters is 1. The summed E-state index contributed by atoms with van der Waals surface area (Å²) in [6.07, 6.45) is 7.23. The van der Waals surface area contributed by atoms with Gasteiger partial charge in [0.25, 0.3) is 0 Å². The van der Waals surface area contributed by atoms with Crippen LogP contribution in [-0.4, -0.2) is 31.1 Å². The zero-order valence-corrected chi connectivity index (χ0v) is 20.0. The smallest absolute Gasteiger partial charge is 0.337 e. The van der Waals surface area contributed by atoms with Crippen LogP contribution in [0.25, 0.3) is 0 Å². The highest BCUT2D eigenvalue weighted by Gasteiger charge is 2.40. The highest BCUT2D eigenvalue weighted by Crippen LogP contribution is 2.44. The summed E-state index contributed by atoms with van der Waals surface area (Å²) in [6, 6.07) is 5.73. The molecule has 6 nitrogen and oxygen atoms in total. The van der Waals surface area contributed by atoms with Gasteiger partial charge in [0, 0.05) is 29.3 Å². The zero-order chi connectivity index (χ0) is 23.4. The van der Waals surface area contributed by atoms with Crippen LogP contribution in [0.1, 0.15) is 83.6 Å². The topological polar surface area (TPSA) is 73.9 Å². The summed E-state index contributed by atoms with van der Waals surface area (Å²) in [6.45, 7) is 6.78. The molecular formula is C27H35NO5. The molecule has 1 fully saturated rings. The Hall–Kier alpha value is -2.76. The maximum absolute atomic E-state index is 13.5. The third-order valence-electron chi connectivity index (χ3n) is 6.72. The fourth-order valence-electron chi connectivity index (χ4n) is 5.23. The molecule has 1 aliphatic heterocycles.